The van der Waals surface area contributed by atoms with Crippen molar-refractivity contribution >= 4 is 28.0 Å². The molecule has 0 amide bonds. The average molecular weight is 272 g/mol. The maximum atomic E-state index is 12.2. The van der Waals surface area contributed by atoms with E-state index in [1.165, 1.54) is 13.4 Å². The Morgan fingerprint density at radius 1 is 1.40 bits per heavy atom. The van der Waals surface area contributed by atoms with Gasteiger partial charge in [-0.3, -0.25) is 14.8 Å². The van der Waals surface area contributed by atoms with Crippen molar-refractivity contribution in [3.63, 3.8) is 0 Å². The van der Waals surface area contributed by atoms with Gasteiger partial charge >= 0.3 is 5.97 Å². The van der Waals surface area contributed by atoms with Crippen molar-refractivity contribution in [2.24, 2.45) is 0 Å². The van der Waals surface area contributed by atoms with Gasteiger partial charge in [0, 0.05) is 0 Å². The summed E-state index contributed by atoms with van der Waals surface area (Å²) in [6.07, 6.45) is 1.49. The molecule has 0 atom stereocenters. The van der Waals surface area contributed by atoms with E-state index in [1.54, 1.807) is 19.9 Å². The number of aromatic nitrogens is 2. The Morgan fingerprint density at radius 2 is 2.15 bits per heavy atom. The Morgan fingerprint density at radius 3 is 2.85 bits per heavy atom. The van der Waals surface area contributed by atoms with Crippen LogP contribution in [0.3, 0.4) is 0 Å². The molecule has 0 aromatic carbocycles. The third-order valence-corrected chi connectivity index (χ3v) is 3.39. The van der Waals surface area contributed by atoms with E-state index in [4.69, 9.17) is 9.15 Å². The van der Waals surface area contributed by atoms with Crippen LogP contribution in [-0.4, -0.2) is 23.0 Å². The van der Waals surface area contributed by atoms with Crippen LogP contribution < -0.4 is 5.56 Å². The molecule has 3 aromatic heterocycles. The Bertz CT molecular complexity index is 905. The lowest BCUT2D eigenvalue weighted by Gasteiger charge is -2.10. The van der Waals surface area contributed by atoms with E-state index in [0.29, 0.717) is 38.8 Å². The first-order valence-corrected chi connectivity index (χ1v) is 6.03. The Hall–Kier alpha value is -2.63. The van der Waals surface area contributed by atoms with Crippen LogP contribution >= 0.6 is 0 Å². The molecule has 0 aliphatic heterocycles. The largest absolute Gasteiger partial charge is 0.465 e. The molecule has 3 aromatic rings. The predicted molar refractivity (Wildman–Crippen MR) is 72.9 cm³/mol. The van der Waals surface area contributed by atoms with Crippen molar-refractivity contribution in [2.45, 2.75) is 13.8 Å². The van der Waals surface area contributed by atoms with E-state index in [-0.39, 0.29) is 5.56 Å². The minimum absolute atomic E-state index is 0.327. The summed E-state index contributed by atoms with van der Waals surface area (Å²) >= 11 is 0. The first-order chi connectivity index (χ1) is 9.54. The van der Waals surface area contributed by atoms with Gasteiger partial charge in [0.05, 0.1) is 40.9 Å². The van der Waals surface area contributed by atoms with Crippen LogP contribution in [0.2, 0.25) is 0 Å². The second-order valence-corrected chi connectivity index (χ2v) is 4.53. The molecule has 0 bridgehead atoms. The second-order valence-electron chi connectivity index (χ2n) is 4.53. The maximum Gasteiger partial charge on any atom is 0.340 e. The molecule has 1 N–H and O–H groups in total. The molecule has 0 radical (unpaired) electrons. The van der Waals surface area contributed by atoms with E-state index in [9.17, 15) is 9.59 Å². The van der Waals surface area contributed by atoms with E-state index >= 15 is 0 Å². The van der Waals surface area contributed by atoms with Gasteiger partial charge in [0.1, 0.15) is 0 Å². The van der Waals surface area contributed by atoms with E-state index in [1.807, 2.05) is 0 Å². The van der Waals surface area contributed by atoms with Crippen molar-refractivity contribution in [3.05, 3.63) is 39.5 Å². The summed E-state index contributed by atoms with van der Waals surface area (Å²) in [5.74, 6) is -0.499. The molecule has 0 spiro atoms. The molecule has 102 valence electrons. The van der Waals surface area contributed by atoms with Gasteiger partial charge in [-0.1, -0.05) is 0 Å². The maximum absolute atomic E-state index is 12.2. The average Bonchev–Trinajstić information content (AvgIpc) is 2.86. The first-order valence-electron chi connectivity index (χ1n) is 6.03. The summed E-state index contributed by atoms with van der Waals surface area (Å²) in [6.45, 7) is 3.43. The molecule has 0 unspecified atom stereocenters. The number of pyridine rings is 2. The molecule has 0 saturated heterocycles. The molecule has 20 heavy (non-hydrogen) atoms. The third-order valence-electron chi connectivity index (χ3n) is 3.39. The Balaban J connectivity index is 2.56. The van der Waals surface area contributed by atoms with Gasteiger partial charge in [-0.15, -0.1) is 0 Å². The van der Waals surface area contributed by atoms with Crippen LogP contribution in [0.15, 0.2) is 21.5 Å². The minimum Gasteiger partial charge on any atom is -0.465 e. The summed E-state index contributed by atoms with van der Waals surface area (Å²) in [7, 11) is 1.30. The number of ether oxygens (including phenoxy) is 1. The number of fused-ring (bicyclic) bond motifs is 3. The smallest absolute Gasteiger partial charge is 0.340 e. The van der Waals surface area contributed by atoms with Crippen LogP contribution in [0.4, 0.5) is 0 Å². The number of H-pyrrole nitrogens is 1. The zero-order chi connectivity index (χ0) is 14.4. The standard InChI is InChI=1S/C14H12N2O4/c1-6-9(14(18)19-3)7(2)15-11-8-4-5-20-13(8)16-12(17)10(6)11/h4-5H,1-3H3,(H,16,17). The molecular formula is C14H12N2O4. The quantitative estimate of drug-likeness (QED) is 0.685. The van der Waals surface area contributed by atoms with Crippen molar-refractivity contribution in [2.75, 3.05) is 7.11 Å². The van der Waals surface area contributed by atoms with E-state index in [2.05, 4.69) is 9.97 Å². The monoisotopic (exact) mass is 272 g/mol. The summed E-state index contributed by atoms with van der Waals surface area (Å²) in [6, 6.07) is 1.73. The molecule has 0 aliphatic carbocycles. The van der Waals surface area contributed by atoms with E-state index in [0.717, 1.165) is 0 Å². The molecule has 6 heteroatoms. The zero-order valence-electron chi connectivity index (χ0n) is 11.2. The fourth-order valence-corrected chi connectivity index (χ4v) is 2.49. The highest BCUT2D eigenvalue weighted by Gasteiger charge is 2.20. The Labute approximate surface area is 113 Å². The third kappa shape index (κ3) is 1.54. The number of hydrogen-bond acceptors (Lipinski definition) is 5. The van der Waals surface area contributed by atoms with Gasteiger partial charge in [0.2, 0.25) is 5.71 Å². The van der Waals surface area contributed by atoms with Gasteiger partial charge in [0.25, 0.3) is 5.56 Å². The summed E-state index contributed by atoms with van der Waals surface area (Å²) in [5, 5.41) is 1.09. The van der Waals surface area contributed by atoms with Gasteiger partial charge in [-0.05, 0) is 25.5 Å². The number of furan rings is 1. The van der Waals surface area contributed by atoms with Crippen LogP contribution in [-0.2, 0) is 4.74 Å². The van der Waals surface area contributed by atoms with Crippen molar-refractivity contribution < 1.29 is 13.9 Å². The highest BCUT2D eigenvalue weighted by atomic mass is 16.5. The molecule has 0 fully saturated rings. The molecular weight excluding hydrogens is 260 g/mol. The van der Waals surface area contributed by atoms with Gasteiger partial charge in [-0.25, -0.2) is 4.79 Å². The van der Waals surface area contributed by atoms with Crippen molar-refractivity contribution in [1.82, 2.24) is 9.97 Å². The second kappa shape index (κ2) is 4.19. The predicted octanol–water partition coefficient (Wildman–Crippen LogP) is 2.07. The fraction of sp³-hybridized carbons (Fsp3) is 0.214. The highest BCUT2D eigenvalue weighted by Crippen LogP contribution is 2.26. The fourth-order valence-electron chi connectivity index (χ4n) is 2.49. The molecule has 0 saturated carbocycles. The van der Waals surface area contributed by atoms with Crippen LogP contribution in [0.1, 0.15) is 21.6 Å². The Kier molecular flexibility index (Phi) is 2.60. The number of hydrogen-bond donors (Lipinski definition) is 1. The SMILES string of the molecule is COC(=O)c1c(C)nc2c(c1C)c(=O)[nH]c1occc12. The lowest BCUT2D eigenvalue weighted by Crippen LogP contribution is -2.14. The van der Waals surface area contributed by atoms with Crippen molar-refractivity contribution in [1.29, 1.82) is 0 Å². The molecule has 6 nitrogen and oxygen atoms in total. The number of nitrogens with zero attached hydrogens (tertiary/aromatic N) is 1. The number of methoxy groups -OCH3 is 1. The summed E-state index contributed by atoms with van der Waals surface area (Å²) in [5.41, 5.74) is 1.98. The van der Waals surface area contributed by atoms with Crippen LogP contribution in [0, 0.1) is 13.8 Å². The summed E-state index contributed by atoms with van der Waals surface area (Å²) < 4.78 is 9.95. The molecule has 3 heterocycles. The number of aryl methyl sites for hydroxylation is 2. The normalized spacial score (nSPS) is 11.2. The van der Waals surface area contributed by atoms with Gasteiger partial charge < -0.3 is 9.15 Å². The lowest BCUT2D eigenvalue weighted by atomic mass is 10.0. The minimum atomic E-state index is -0.499. The first kappa shape index (κ1) is 12.4. The lowest BCUT2D eigenvalue weighted by molar-refractivity contribution is 0.0599. The van der Waals surface area contributed by atoms with E-state index < -0.39 is 5.97 Å². The van der Waals surface area contributed by atoms with Crippen LogP contribution in [0.5, 0.6) is 0 Å². The summed E-state index contributed by atoms with van der Waals surface area (Å²) in [4.78, 5) is 31.0. The van der Waals surface area contributed by atoms with Gasteiger partial charge in [-0.2, -0.15) is 0 Å². The number of carbonyl (C=O) groups excluding carboxylic acids is 1. The van der Waals surface area contributed by atoms with Gasteiger partial charge in [0.15, 0.2) is 0 Å². The highest BCUT2D eigenvalue weighted by molar-refractivity contribution is 6.06. The van der Waals surface area contributed by atoms with Crippen molar-refractivity contribution in [3.8, 4) is 0 Å². The zero-order valence-corrected chi connectivity index (χ0v) is 11.2. The number of rotatable bonds is 1. The number of esters is 1. The topological polar surface area (TPSA) is 85.2 Å². The number of aromatic amines is 1. The molecule has 0 aliphatic rings. The molecule has 3 rings (SSSR count). The number of carbonyl (C=O) groups is 1. The van der Waals surface area contributed by atoms with Crippen LogP contribution in [0.25, 0.3) is 22.0 Å². The number of nitrogens with one attached hydrogen (secondary N) is 1.